The van der Waals surface area contributed by atoms with E-state index in [1.807, 2.05) is 12.1 Å². The monoisotopic (exact) mass is 249 g/mol. The summed E-state index contributed by atoms with van der Waals surface area (Å²) in [6.07, 6.45) is 1.33. The zero-order chi connectivity index (χ0) is 13.1. The van der Waals surface area contributed by atoms with E-state index in [0.717, 1.165) is 37.6 Å². The summed E-state index contributed by atoms with van der Waals surface area (Å²) in [6.45, 7) is 10.5. The third-order valence-corrected chi connectivity index (χ3v) is 3.75. The van der Waals surface area contributed by atoms with Crippen LogP contribution in [-0.4, -0.2) is 47.2 Å². The fourth-order valence-electron chi connectivity index (χ4n) is 2.50. The highest BCUT2D eigenvalue weighted by Gasteiger charge is 2.22. The smallest absolute Gasteiger partial charge is 0.128 e. The molecule has 0 saturated carbocycles. The summed E-state index contributed by atoms with van der Waals surface area (Å²) in [6, 6.07) is 4.54. The molecule has 1 aliphatic rings. The maximum atomic E-state index is 9.47. The minimum Gasteiger partial charge on any atom is -0.389 e. The van der Waals surface area contributed by atoms with Crippen LogP contribution in [-0.2, 0) is 0 Å². The van der Waals surface area contributed by atoms with Gasteiger partial charge < -0.3 is 10.0 Å². The van der Waals surface area contributed by atoms with Gasteiger partial charge in [0.25, 0.3) is 0 Å². The molecular formula is C14H23N3O. The van der Waals surface area contributed by atoms with Gasteiger partial charge in [-0.1, -0.05) is 13.0 Å². The molecule has 0 amide bonds. The Morgan fingerprint density at radius 3 is 2.72 bits per heavy atom. The van der Waals surface area contributed by atoms with Crippen LogP contribution >= 0.6 is 0 Å². The number of aliphatic hydroxyl groups excluding tert-OH is 1. The van der Waals surface area contributed by atoms with Gasteiger partial charge >= 0.3 is 0 Å². The van der Waals surface area contributed by atoms with Gasteiger partial charge in [0.05, 0.1) is 6.10 Å². The van der Waals surface area contributed by atoms with Gasteiger partial charge in [-0.3, -0.25) is 4.90 Å². The minimum atomic E-state index is -0.442. The van der Waals surface area contributed by atoms with Crippen LogP contribution in [0.5, 0.6) is 0 Å². The fourth-order valence-corrected chi connectivity index (χ4v) is 2.50. The van der Waals surface area contributed by atoms with E-state index in [2.05, 4.69) is 28.6 Å². The van der Waals surface area contributed by atoms with Crippen molar-refractivity contribution in [2.24, 2.45) is 0 Å². The van der Waals surface area contributed by atoms with Crippen molar-refractivity contribution >= 4 is 5.82 Å². The van der Waals surface area contributed by atoms with Crippen LogP contribution in [0.4, 0.5) is 5.82 Å². The quantitative estimate of drug-likeness (QED) is 0.884. The molecule has 100 valence electrons. The fraction of sp³-hybridized carbons (Fsp3) is 0.643. The number of hydrogen-bond acceptors (Lipinski definition) is 4. The summed E-state index contributed by atoms with van der Waals surface area (Å²) >= 11 is 0. The standard InChI is InChI=1S/C14H23N3O/c1-4-16-7-8-17(10-11(16)2)14-6-5-13(9-15-14)12(3)18/h5-6,9,11-12,18H,4,7-8,10H2,1-3H3. The Morgan fingerprint density at radius 2 is 2.22 bits per heavy atom. The Hall–Kier alpha value is -1.13. The number of anilines is 1. The first-order chi connectivity index (χ1) is 8.61. The van der Waals surface area contributed by atoms with Gasteiger partial charge in [0, 0.05) is 31.9 Å². The zero-order valence-corrected chi connectivity index (χ0v) is 11.5. The number of aliphatic hydroxyl groups is 1. The summed E-state index contributed by atoms with van der Waals surface area (Å²) < 4.78 is 0. The van der Waals surface area contributed by atoms with Crippen molar-refractivity contribution in [2.45, 2.75) is 32.9 Å². The topological polar surface area (TPSA) is 39.6 Å². The third kappa shape index (κ3) is 2.82. The van der Waals surface area contributed by atoms with Crippen LogP contribution in [0.1, 0.15) is 32.4 Å². The molecule has 1 aromatic rings. The number of pyridine rings is 1. The highest BCUT2D eigenvalue weighted by Crippen LogP contribution is 2.19. The van der Waals surface area contributed by atoms with Crippen LogP contribution in [0.25, 0.3) is 0 Å². The molecule has 0 aliphatic carbocycles. The van der Waals surface area contributed by atoms with Crippen molar-refractivity contribution in [3.8, 4) is 0 Å². The summed E-state index contributed by atoms with van der Waals surface area (Å²) in [4.78, 5) is 9.27. The number of aromatic nitrogens is 1. The summed E-state index contributed by atoms with van der Waals surface area (Å²) in [5.74, 6) is 1.02. The average Bonchev–Trinajstić information content (AvgIpc) is 2.38. The van der Waals surface area contributed by atoms with E-state index >= 15 is 0 Å². The molecule has 0 bridgehead atoms. The summed E-state index contributed by atoms with van der Waals surface area (Å²) in [7, 11) is 0. The van der Waals surface area contributed by atoms with Gasteiger partial charge in [-0.2, -0.15) is 0 Å². The predicted octanol–water partition coefficient (Wildman–Crippen LogP) is 1.67. The molecule has 0 spiro atoms. The van der Waals surface area contributed by atoms with Crippen molar-refractivity contribution in [3.63, 3.8) is 0 Å². The molecule has 4 heteroatoms. The number of hydrogen-bond donors (Lipinski definition) is 1. The van der Waals surface area contributed by atoms with Gasteiger partial charge in [-0.15, -0.1) is 0 Å². The van der Waals surface area contributed by atoms with Crippen molar-refractivity contribution < 1.29 is 5.11 Å². The Labute approximate surface area is 109 Å². The van der Waals surface area contributed by atoms with E-state index in [-0.39, 0.29) is 0 Å². The molecule has 2 rings (SSSR count). The molecule has 1 N–H and O–H groups in total. The highest BCUT2D eigenvalue weighted by atomic mass is 16.3. The second-order valence-corrected chi connectivity index (χ2v) is 5.05. The molecule has 1 fully saturated rings. The van der Waals surface area contributed by atoms with Crippen molar-refractivity contribution in [2.75, 3.05) is 31.1 Å². The first-order valence-corrected chi connectivity index (χ1v) is 6.74. The molecule has 18 heavy (non-hydrogen) atoms. The number of piperazine rings is 1. The van der Waals surface area contributed by atoms with E-state index in [0.29, 0.717) is 6.04 Å². The van der Waals surface area contributed by atoms with E-state index < -0.39 is 6.10 Å². The van der Waals surface area contributed by atoms with Gasteiger partial charge in [0.1, 0.15) is 5.82 Å². The zero-order valence-electron chi connectivity index (χ0n) is 11.5. The molecule has 1 aliphatic heterocycles. The first-order valence-electron chi connectivity index (χ1n) is 6.74. The van der Waals surface area contributed by atoms with Crippen molar-refractivity contribution in [1.29, 1.82) is 0 Å². The Morgan fingerprint density at radius 1 is 1.44 bits per heavy atom. The van der Waals surface area contributed by atoms with E-state index in [1.54, 1.807) is 13.1 Å². The van der Waals surface area contributed by atoms with Crippen molar-refractivity contribution in [1.82, 2.24) is 9.88 Å². The third-order valence-electron chi connectivity index (χ3n) is 3.75. The van der Waals surface area contributed by atoms with Crippen LogP contribution in [0.15, 0.2) is 18.3 Å². The molecule has 2 heterocycles. The summed E-state index contributed by atoms with van der Waals surface area (Å²) in [5, 5.41) is 9.47. The Bertz CT molecular complexity index is 377. The van der Waals surface area contributed by atoms with Crippen molar-refractivity contribution in [3.05, 3.63) is 23.9 Å². The highest BCUT2D eigenvalue weighted by molar-refractivity contribution is 5.40. The maximum Gasteiger partial charge on any atom is 0.128 e. The SMILES string of the molecule is CCN1CCN(c2ccc(C(C)O)cn2)CC1C. The van der Waals surface area contributed by atoms with Crippen LogP contribution < -0.4 is 4.90 Å². The molecule has 2 unspecified atom stereocenters. The van der Waals surface area contributed by atoms with Crippen LogP contribution in [0.3, 0.4) is 0 Å². The molecule has 4 nitrogen and oxygen atoms in total. The largest absolute Gasteiger partial charge is 0.389 e. The molecular weight excluding hydrogens is 226 g/mol. The van der Waals surface area contributed by atoms with Gasteiger partial charge in [0.2, 0.25) is 0 Å². The normalized spacial score (nSPS) is 23.1. The minimum absolute atomic E-state index is 0.442. The van der Waals surface area contributed by atoms with E-state index in [1.165, 1.54) is 0 Å². The molecule has 2 atom stereocenters. The summed E-state index contributed by atoms with van der Waals surface area (Å²) in [5.41, 5.74) is 0.874. The molecule has 0 radical (unpaired) electrons. The van der Waals surface area contributed by atoms with Gasteiger partial charge in [-0.25, -0.2) is 4.98 Å². The van der Waals surface area contributed by atoms with E-state index in [4.69, 9.17) is 0 Å². The lowest BCUT2D eigenvalue weighted by Gasteiger charge is -2.39. The molecule has 1 saturated heterocycles. The molecule has 1 aromatic heterocycles. The lowest BCUT2D eigenvalue weighted by Crippen LogP contribution is -2.51. The Kier molecular flexibility index (Phi) is 4.19. The second kappa shape index (κ2) is 5.67. The molecule has 0 aromatic carbocycles. The van der Waals surface area contributed by atoms with Gasteiger partial charge in [-0.05, 0) is 32.0 Å². The van der Waals surface area contributed by atoms with Crippen LogP contribution in [0.2, 0.25) is 0 Å². The number of likely N-dealkylation sites (N-methyl/N-ethyl adjacent to an activating group) is 1. The van der Waals surface area contributed by atoms with Crippen LogP contribution in [0, 0.1) is 0 Å². The lowest BCUT2D eigenvalue weighted by molar-refractivity contribution is 0.197. The number of rotatable bonds is 3. The average molecular weight is 249 g/mol. The first kappa shape index (κ1) is 13.3. The maximum absolute atomic E-state index is 9.47. The second-order valence-electron chi connectivity index (χ2n) is 5.05. The predicted molar refractivity (Wildman–Crippen MR) is 73.8 cm³/mol. The Balaban J connectivity index is 2.04. The lowest BCUT2D eigenvalue weighted by atomic mass is 10.1. The van der Waals surface area contributed by atoms with Gasteiger partial charge in [0.15, 0.2) is 0 Å². The number of nitrogens with zero attached hydrogens (tertiary/aromatic N) is 3. The van der Waals surface area contributed by atoms with E-state index in [9.17, 15) is 5.11 Å².